The number of nitrogen functional groups attached to an aromatic ring is 1. The van der Waals surface area contributed by atoms with Gasteiger partial charge in [-0.1, -0.05) is 49.6 Å². The molecule has 4 N–H and O–H groups in total. The fourth-order valence-corrected chi connectivity index (χ4v) is 5.32. The molecule has 2 fully saturated rings. The Labute approximate surface area is 225 Å². The number of nitrogens with one attached hydrogen (secondary N) is 2. The Kier molecular flexibility index (Phi) is 10.4. The largest absolute Gasteiger partial charge is 0.496 e. The van der Waals surface area contributed by atoms with Gasteiger partial charge in [-0.25, -0.2) is 0 Å². The number of benzene rings is 2. The van der Waals surface area contributed by atoms with E-state index in [1.165, 1.54) is 32.1 Å². The van der Waals surface area contributed by atoms with Gasteiger partial charge in [0.1, 0.15) is 11.6 Å². The average molecular weight is 528 g/mol. The molecule has 2 saturated carbocycles. The van der Waals surface area contributed by atoms with Crippen LogP contribution in [0.15, 0.2) is 42.5 Å². The van der Waals surface area contributed by atoms with E-state index < -0.39 is 0 Å². The summed E-state index contributed by atoms with van der Waals surface area (Å²) >= 11 is 0. The minimum Gasteiger partial charge on any atom is -0.496 e. The molecule has 0 bridgehead atoms. The minimum atomic E-state index is -0.183. The molecule has 0 heterocycles. The van der Waals surface area contributed by atoms with Gasteiger partial charge in [-0.2, -0.15) is 0 Å². The number of hydrogen-bond donors (Lipinski definition) is 3. The summed E-state index contributed by atoms with van der Waals surface area (Å²) in [6, 6.07) is 12.9. The molecule has 2 aliphatic carbocycles. The highest BCUT2D eigenvalue weighted by Crippen LogP contribution is 2.30. The van der Waals surface area contributed by atoms with Gasteiger partial charge in [0.25, 0.3) is 5.91 Å². The number of methoxy groups -OCH3 is 1. The van der Waals surface area contributed by atoms with Crippen LogP contribution in [0, 0.1) is 17.2 Å². The highest BCUT2D eigenvalue weighted by atomic mass is 35.5. The zero-order valence-corrected chi connectivity index (χ0v) is 22.3. The Hall–Kier alpha value is -3.06. The molecule has 2 aromatic carbocycles. The molecular formula is C29H38ClN3O4. The highest BCUT2D eigenvalue weighted by Gasteiger charge is 2.29. The Morgan fingerprint density at radius 3 is 2.22 bits per heavy atom. The summed E-state index contributed by atoms with van der Waals surface area (Å²) in [7, 11) is 1.55. The lowest BCUT2D eigenvalue weighted by atomic mass is 9.85. The van der Waals surface area contributed by atoms with E-state index in [2.05, 4.69) is 5.32 Å². The topological polar surface area (TPSA) is 114 Å². The summed E-state index contributed by atoms with van der Waals surface area (Å²) in [5.74, 6) is 0.724. The van der Waals surface area contributed by atoms with Gasteiger partial charge in [-0.3, -0.25) is 15.0 Å². The number of rotatable bonds is 8. The summed E-state index contributed by atoms with van der Waals surface area (Å²) in [5, 5.41) is 10.7. The third kappa shape index (κ3) is 7.48. The fraction of sp³-hybridized carbons (Fsp3) is 0.483. The van der Waals surface area contributed by atoms with E-state index >= 15 is 0 Å². The summed E-state index contributed by atoms with van der Waals surface area (Å²) in [5.41, 5.74) is 8.47. The van der Waals surface area contributed by atoms with Gasteiger partial charge in [0.05, 0.1) is 25.2 Å². The van der Waals surface area contributed by atoms with E-state index in [9.17, 15) is 9.59 Å². The van der Waals surface area contributed by atoms with Crippen LogP contribution in [0.1, 0.15) is 73.7 Å². The number of hydrogen-bond acceptors (Lipinski definition) is 5. The molecule has 37 heavy (non-hydrogen) atoms. The van der Waals surface area contributed by atoms with E-state index in [1.54, 1.807) is 25.3 Å². The molecule has 0 aliphatic heterocycles. The van der Waals surface area contributed by atoms with Crippen LogP contribution in [-0.4, -0.2) is 37.5 Å². The Bertz CT molecular complexity index is 1080. The van der Waals surface area contributed by atoms with Crippen LogP contribution >= 0.6 is 12.4 Å². The maximum atomic E-state index is 13.2. The minimum absolute atomic E-state index is 0. The van der Waals surface area contributed by atoms with E-state index in [4.69, 9.17) is 20.6 Å². The van der Waals surface area contributed by atoms with Gasteiger partial charge in [0, 0.05) is 11.6 Å². The third-order valence-corrected chi connectivity index (χ3v) is 7.56. The van der Waals surface area contributed by atoms with E-state index in [1.807, 2.05) is 24.3 Å². The number of amidine groups is 1. The van der Waals surface area contributed by atoms with E-state index in [-0.39, 0.29) is 42.1 Å². The van der Waals surface area contributed by atoms with Gasteiger partial charge in [-0.05, 0) is 67.7 Å². The van der Waals surface area contributed by atoms with Gasteiger partial charge in [0.15, 0.2) is 0 Å². The number of esters is 1. The van der Waals surface area contributed by atoms with Crippen LogP contribution in [0.5, 0.6) is 5.75 Å². The molecule has 1 amide bonds. The first kappa shape index (κ1) is 28.5. The predicted molar refractivity (Wildman–Crippen MR) is 147 cm³/mol. The highest BCUT2D eigenvalue weighted by molar-refractivity contribution is 5.99. The van der Waals surface area contributed by atoms with Crippen molar-refractivity contribution in [2.45, 2.75) is 63.8 Å². The Morgan fingerprint density at radius 1 is 0.946 bits per heavy atom. The molecule has 0 unspecified atom stereocenters. The summed E-state index contributed by atoms with van der Waals surface area (Å²) in [4.78, 5) is 25.7. The Balaban J connectivity index is 0.00000380. The SMILES string of the molecule is COc1ccc(-c2ccc(C(=N)N)cc2)cc1C(=O)NC1CCC(C(=O)OCC2CCCCC2)CC1.Cl. The first-order chi connectivity index (χ1) is 17.4. The maximum absolute atomic E-state index is 13.2. The van der Waals surface area contributed by atoms with Crippen molar-refractivity contribution in [3.63, 3.8) is 0 Å². The van der Waals surface area contributed by atoms with Crippen LogP contribution in [-0.2, 0) is 9.53 Å². The summed E-state index contributed by atoms with van der Waals surface area (Å²) in [6.45, 7) is 0.559. The van der Waals surface area contributed by atoms with Crippen LogP contribution < -0.4 is 15.8 Å². The van der Waals surface area contributed by atoms with Crippen LogP contribution in [0.2, 0.25) is 0 Å². The van der Waals surface area contributed by atoms with Crippen molar-refractivity contribution in [1.82, 2.24) is 5.32 Å². The van der Waals surface area contributed by atoms with Crippen molar-refractivity contribution in [3.05, 3.63) is 53.6 Å². The second kappa shape index (κ2) is 13.5. The maximum Gasteiger partial charge on any atom is 0.308 e. The lowest BCUT2D eigenvalue weighted by Gasteiger charge is -2.29. The quantitative estimate of drug-likeness (QED) is 0.239. The predicted octanol–water partition coefficient (Wildman–Crippen LogP) is 5.48. The zero-order chi connectivity index (χ0) is 25.5. The van der Waals surface area contributed by atoms with Crippen molar-refractivity contribution in [2.24, 2.45) is 17.6 Å². The van der Waals surface area contributed by atoms with E-state index in [0.717, 1.165) is 36.8 Å². The molecule has 7 nitrogen and oxygen atoms in total. The summed E-state index contributed by atoms with van der Waals surface area (Å²) in [6.07, 6.45) is 9.08. The van der Waals surface area contributed by atoms with Crippen molar-refractivity contribution >= 4 is 30.1 Å². The molecule has 0 spiro atoms. The molecular weight excluding hydrogens is 490 g/mol. The zero-order valence-electron chi connectivity index (χ0n) is 21.5. The van der Waals surface area contributed by atoms with Crippen molar-refractivity contribution < 1.29 is 19.1 Å². The van der Waals surface area contributed by atoms with Gasteiger partial charge in [-0.15, -0.1) is 12.4 Å². The average Bonchev–Trinajstić information content (AvgIpc) is 2.92. The fourth-order valence-electron chi connectivity index (χ4n) is 5.32. The first-order valence-corrected chi connectivity index (χ1v) is 13.0. The second-order valence-corrected chi connectivity index (χ2v) is 10.1. The van der Waals surface area contributed by atoms with Crippen LogP contribution in [0.3, 0.4) is 0 Å². The molecule has 2 aliphatic rings. The van der Waals surface area contributed by atoms with Gasteiger partial charge >= 0.3 is 5.97 Å². The standard InChI is InChI=1S/C29H37N3O4.ClH/c1-35-26-16-13-23(20-7-9-21(10-8-20)27(30)31)17-25(26)28(33)32-24-14-11-22(12-15-24)29(34)36-18-19-5-3-2-4-6-19;/h7-10,13,16-17,19,22,24H,2-6,11-12,14-15,18H2,1H3,(H3,30,31)(H,32,33);1H. The first-order valence-electron chi connectivity index (χ1n) is 13.0. The van der Waals surface area contributed by atoms with Crippen molar-refractivity contribution in [1.29, 1.82) is 5.41 Å². The normalized spacial score (nSPS) is 19.8. The smallest absolute Gasteiger partial charge is 0.308 e. The molecule has 2 aromatic rings. The molecule has 8 heteroatoms. The Morgan fingerprint density at radius 2 is 1.59 bits per heavy atom. The van der Waals surface area contributed by atoms with Gasteiger partial charge < -0.3 is 20.5 Å². The summed E-state index contributed by atoms with van der Waals surface area (Å²) < 4.78 is 11.1. The van der Waals surface area contributed by atoms with Crippen molar-refractivity contribution in [3.8, 4) is 16.9 Å². The lowest BCUT2D eigenvalue weighted by molar-refractivity contribution is -0.151. The van der Waals surface area contributed by atoms with Crippen molar-refractivity contribution in [2.75, 3.05) is 13.7 Å². The number of carbonyl (C=O) groups excluding carboxylic acids is 2. The molecule has 0 aromatic heterocycles. The number of carbonyl (C=O) groups is 2. The van der Waals surface area contributed by atoms with Crippen LogP contribution in [0.25, 0.3) is 11.1 Å². The monoisotopic (exact) mass is 527 g/mol. The molecule has 200 valence electrons. The lowest BCUT2D eigenvalue weighted by Crippen LogP contribution is -2.39. The molecule has 4 rings (SSSR count). The molecule has 0 atom stereocenters. The number of ether oxygens (including phenoxy) is 2. The molecule has 0 radical (unpaired) electrons. The second-order valence-electron chi connectivity index (χ2n) is 10.1. The van der Waals surface area contributed by atoms with Crippen LogP contribution in [0.4, 0.5) is 0 Å². The van der Waals surface area contributed by atoms with E-state index in [0.29, 0.717) is 29.4 Å². The number of amides is 1. The number of nitrogens with two attached hydrogens (primary N) is 1. The molecule has 0 saturated heterocycles. The number of halogens is 1. The third-order valence-electron chi connectivity index (χ3n) is 7.56. The van der Waals surface area contributed by atoms with Gasteiger partial charge in [0.2, 0.25) is 0 Å².